The summed E-state index contributed by atoms with van der Waals surface area (Å²) in [6, 6.07) is 13.4. The molecule has 1 aromatic heterocycles. The van der Waals surface area contributed by atoms with Crippen molar-refractivity contribution < 1.29 is 14.4 Å². The molecule has 9 heteroatoms. The maximum Gasteiger partial charge on any atom is 0.259 e. The first-order chi connectivity index (χ1) is 15.5. The van der Waals surface area contributed by atoms with Gasteiger partial charge in [0.2, 0.25) is 11.0 Å². The van der Waals surface area contributed by atoms with E-state index in [0.717, 1.165) is 24.3 Å². The molecule has 2 aromatic carbocycles. The van der Waals surface area contributed by atoms with Gasteiger partial charge in [-0.3, -0.25) is 19.7 Å². The molecule has 3 rings (SSSR count). The zero-order chi connectivity index (χ0) is 22.9. The highest BCUT2D eigenvalue weighted by Gasteiger charge is 2.16. The normalized spacial score (nSPS) is 10.4. The molecule has 0 spiro atoms. The van der Waals surface area contributed by atoms with E-state index in [9.17, 15) is 14.4 Å². The number of aryl methyl sites for hydroxylation is 1. The largest absolute Gasteiger partial charge is 0.326 e. The SMILES string of the molecule is CCCCC(=O)Nc1ccc(C(=O)Nc2ccccc2C(=O)Nc2nnc(CC)s2)cc1. The minimum atomic E-state index is -0.384. The zero-order valence-corrected chi connectivity index (χ0v) is 18.8. The number of carbonyl (C=O) groups is 3. The summed E-state index contributed by atoms with van der Waals surface area (Å²) in [4.78, 5) is 37.3. The van der Waals surface area contributed by atoms with Gasteiger partial charge in [0, 0.05) is 17.7 Å². The van der Waals surface area contributed by atoms with Crippen molar-refractivity contribution >= 4 is 45.6 Å². The average Bonchev–Trinajstić information content (AvgIpc) is 3.26. The molecule has 0 aliphatic rings. The molecule has 8 nitrogen and oxygen atoms in total. The number of unbranched alkanes of at least 4 members (excludes halogenated alkanes) is 1. The highest BCUT2D eigenvalue weighted by molar-refractivity contribution is 7.15. The summed E-state index contributed by atoms with van der Waals surface area (Å²) in [6.45, 7) is 3.99. The first-order valence-electron chi connectivity index (χ1n) is 10.4. The van der Waals surface area contributed by atoms with Crippen molar-refractivity contribution in [3.63, 3.8) is 0 Å². The number of nitrogens with one attached hydrogen (secondary N) is 3. The lowest BCUT2D eigenvalue weighted by Gasteiger charge is -2.11. The zero-order valence-electron chi connectivity index (χ0n) is 18.0. The van der Waals surface area contributed by atoms with Crippen LogP contribution in [0.2, 0.25) is 0 Å². The lowest BCUT2D eigenvalue weighted by molar-refractivity contribution is -0.116. The summed E-state index contributed by atoms with van der Waals surface area (Å²) in [5, 5.41) is 17.5. The lowest BCUT2D eigenvalue weighted by Crippen LogP contribution is -2.18. The van der Waals surface area contributed by atoms with E-state index in [1.165, 1.54) is 11.3 Å². The lowest BCUT2D eigenvalue weighted by atomic mass is 10.1. The second kappa shape index (κ2) is 11.1. The third kappa shape index (κ3) is 6.21. The maximum absolute atomic E-state index is 12.7. The summed E-state index contributed by atoms with van der Waals surface area (Å²) < 4.78 is 0. The van der Waals surface area contributed by atoms with Crippen LogP contribution < -0.4 is 16.0 Å². The van der Waals surface area contributed by atoms with E-state index in [1.807, 2.05) is 13.8 Å². The van der Waals surface area contributed by atoms with Gasteiger partial charge in [-0.05, 0) is 49.2 Å². The van der Waals surface area contributed by atoms with Crippen LogP contribution in [0.5, 0.6) is 0 Å². The smallest absolute Gasteiger partial charge is 0.259 e. The van der Waals surface area contributed by atoms with Crippen molar-refractivity contribution in [2.24, 2.45) is 0 Å². The predicted octanol–water partition coefficient (Wildman–Crippen LogP) is 4.73. The Morgan fingerprint density at radius 2 is 1.62 bits per heavy atom. The fourth-order valence-electron chi connectivity index (χ4n) is 2.86. The molecule has 3 aromatic rings. The molecule has 3 amide bonds. The topological polar surface area (TPSA) is 113 Å². The standard InChI is InChI=1S/C23H25N5O3S/c1-3-5-10-19(29)24-16-13-11-15(12-14-16)21(30)25-18-9-7-6-8-17(18)22(31)26-23-28-27-20(4-2)32-23/h6-9,11-14H,3-5,10H2,1-2H3,(H,24,29)(H,25,30)(H,26,28,31). The number of aromatic nitrogens is 2. The quantitative estimate of drug-likeness (QED) is 0.435. The molecule has 0 fully saturated rings. The van der Waals surface area contributed by atoms with Crippen molar-refractivity contribution in [3.05, 3.63) is 64.7 Å². The molecule has 0 aliphatic heterocycles. The summed E-state index contributed by atoms with van der Waals surface area (Å²) in [5.41, 5.74) is 1.73. The van der Waals surface area contributed by atoms with E-state index in [2.05, 4.69) is 26.1 Å². The molecule has 0 saturated heterocycles. The van der Waals surface area contributed by atoms with Crippen LogP contribution in [0.4, 0.5) is 16.5 Å². The van der Waals surface area contributed by atoms with E-state index in [0.29, 0.717) is 34.1 Å². The molecule has 0 radical (unpaired) electrons. The highest BCUT2D eigenvalue weighted by atomic mass is 32.1. The van der Waals surface area contributed by atoms with Crippen LogP contribution in [0.3, 0.4) is 0 Å². The Morgan fingerprint density at radius 3 is 2.31 bits per heavy atom. The molecule has 1 heterocycles. The Hall–Kier alpha value is -3.59. The van der Waals surface area contributed by atoms with Gasteiger partial charge in [0.15, 0.2) is 0 Å². The molecule has 0 saturated carbocycles. The maximum atomic E-state index is 12.7. The van der Waals surface area contributed by atoms with Gasteiger partial charge in [-0.2, -0.15) is 0 Å². The molecule has 3 N–H and O–H groups in total. The Morgan fingerprint density at radius 1 is 0.875 bits per heavy atom. The van der Waals surface area contributed by atoms with Gasteiger partial charge >= 0.3 is 0 Å². The van der Waals surface area contributed by atoms with Crippen LogP contribution >= 0.6 is 11.3 Å². The summed E-state index contributed by atoms with van der Waals surface area (Å²) >= 11 is 1.31. The number of hydrogen-bond donors (Lipinski definition) is 3. The van der Waals surface area contributed by atoms with Crippen LogP contribution in [0.1, 0.15) is 58.8 Å². The van der Waals surface area contributed by atoms with E-state index >= 15 is 0 Å². The van der Waals surface area contributed by atoms with Gasteiger partial charge in [-0.1, -0.05) is 43.7 Å². The summed E-state index contributed by atoms with van der Waals surface area (Å²) in [7, 11) is 0. The van der Waals surface area contributed by atoms with Crippen molar-refractivity contribution in [3.8, 4) is 0 Å². The molecular formula is C23H25N5O3S. The first kappa shape index (κ1) is 23.1. The van der Waals surface area contributed by atoms with Crippen LogP contribution in [0.15, 0.2) is 48.5 Å². The molecular weight excluding hydrogens is 426 g/mol. The predicted molar refractivity (Wildman–Crippen MR) is 126 cm³/mol. The minimum Gasteiger partial charge on any atom is -0.326 e. The van der Waals surface area contributed by atoms with Crippen LogP contribution in [-0.2, 0) is 11.2 Å². The number of carbonyl (C=O) groups excluding carboxylic acids is 3. The van der Waals surface area contributed by atoms with Crippen molar-refractivity contribution in [2.45, 2.75) is 39.5 Å². The van der Waals surface area contributed by atoms with Crippen molar-refractivity contribution in [1.82, 2.24) is 10.2 Å². The molecule has 32 heavy (non-hydrogen) atoms. The van der Waals surface area contributed by atoms with Crippen molar-refractivity contribution in [2.75, 3.05) is 16.0 Å². The summed E-state index contributed by atoms with van der Waals surface area (Å²) in [6.07, 6.45) is 2.99. The summed E-state index contributed by atoms with van der Waals surface area (Å²) in [5.74, 6) is -0.798. The molecule has 0 bridgehead atoms. The van der Waals surface area contributed by atoms with Gasteiger partial charge in [-0.15, -0.1) is 10.2 Å². The molecule has 166 valence electrons. The Kier molecular flexibility index (Phi) is 8.04. The minimum absolute atomic E-state index is 0.0505. The van der Waals surface area contributed by atoms with Gasteiger partial charge in [-0.25, -0.2) is 0 Å². The fourth-order valence-corrected chi connectivity index (χ4v) is 3.54. The van der Waals surface area contributed by atoms with Crippen LogP contribution in [0, 0.1) is 0 Å². The number of hydrogen-bond acceptors (Lipinski definition) is 6. The van der Waals surface area contributed by atoms with Crippen LogP contribution in [-0.4, -0.2) is 27.9 Å². The van der Waals surface area contributed by atoms with Gasteiger partial charge < -0.3 is 10.6 Å². The van der Waals surface area contributed by atoms with Gasteiger partial charge in [0.25, 0.3) is 11.8 Å². The second-order valence-corrected chi connectivity index (χ2v) is 8.10. The van der Waals surface area contributed by atoms with Crippen LogP contribution in [0.25, 0.3) is 0 Å². The van der Waals surface area contributed by atoms with E-state index in [1.54, 1.807) is 48.5 Å². The van der Waals surface area contributed by atoms with Gasteiger partial charge in [0.05, 0.1) is 11.3 Å². The van der Waals surface area contributed by atoms with Crippen molar-refractivity contribution in [1.29, 1.82) is 0 Å². The third-order valence-corrected chi connectivity index (χ3v) is 5.58. The Labute approximate surface area is 190 Å². The Balaban J connectivity index is 1.66. The fraction of sp³-hybridized carbons (Fsp3) is 0.261. The molecule has 0 unspecified atom stereocenters. The number of para-hydroxylation sites is 1. The first-order valence-corrected chi connectivity index (χ1v) is 11.3. The third-order valence-electron chi connectivity index (χ3n) is 4.60. The monoisotopic (exact) mass is 451 g/mol. The molecule has 0 atom stereocenters. The second-order valence-electron chi connectivity index (χ2n) is 7.04. The van der Waals surface area contributed by atoms with E-state index in [4.69, 9.17) is 0 Å². The van der Waals surface area contributed by atoms with Gasteiger partial charge in [0.1, 0.15) is 5.01 Å². The van der Waals surface area contributed by atoms with E-state index < -0.39 is 0 Å². The Bertz CT molecular complexity index is 1100. The molecule has 0 aliphatic carbocycles. The number of nitrogens with zero attached hydrogens (tertiary/aromatic N) is 2. The number of benzene rings is 2. The number of anilines is 3. The number of rotatable bonds is 9. The van der Waals surface area contributed by atoms with E-state index in [-0.39, 0.29) is 17.7 Å². The highest BCUT2D eigenvalue weighted by Crippen LogP contribution is 2.21. The average molecular weight is 452 g/mol. The number of amides is 3.